The summed E-state index contributed by atoms with van der Waals surface area (Å²) in [5.41, 5.74) is 0.574. The second-order valence-electron chi connectivity index (χ2n) is 5.26. The molecule has 22 heavy (non-hydrogen) atoms. The number of alkyl halides is 3. The summed E-state index contributed by atoms with van der Waals surface area (Å²) in [7, 11) is 0. The summed E-state index contributed by atoms with van der Waals surface area (Å²) in [4.78, 5) is 16.2. The van der Waals surface area contributed by atoms with Gasteiger partial charge in [0.25, 0.3) is 0 Å². The van der Waals surface area contributed by atoms with Crippen molar-refractivity contribution in [1.29, 1.82) is 0 Å². The van der Waals surface area contributed by atoms with Crippen LogP contribution in [0.5, 0.6) is 0 Å². The predicted molar refractivity (Wildman–Crippen MR) is 74.0 cm³/mol. The first kappa shape index (κ1) is 15.3. The fourth-order valence-corrected chi connectivity index (χ4v) is 2.30. The number of oxime groups is 1. The van der Waals surface area contributed by atoms with Crippen LogP contribution in [0.15, 0.2) is 33.9 Å². The second-order valence-corrected chi connectivity index (χ2v) is 6.17. The van der Waals surface area contributed by atoms with E-state index in [2.05, 4.69) is 30.7 Å². The Bertz CT molecular complexity index is 625. The number of rotatable bonds is 3. The number of halogens is 4. The molecule has 0 bridgehead atoms. The molecule has 0 N–H and O–H groups in total. The highest BCUT2D eigenvalue weighted by molar-refractivity contribution is 9.10. The SMILES string of the molecule is O=C(OC1(C(F)(F)F)CC(c2ccc(Br)cc2)=NO1)C1CC1. The zero-order valence-corrected chi connectivity index (χ0v) is 12.8. The highest BCUT2D eigenvalue weighted by Gasteiger charge is 2.65. The molecule has 1 heterocycles. The van der Waals surface area contributed by atoms with Gasteiger partial charge in [0.15, 0.2) is 0 Å². The lowest BCUT2D eigenvalue weighted by Gasteiger charge is -2.28. The van der Waals surface area contributed by atoms with Crippen molar-refractivity contribution >= 4 is 27.6 Å². The molecule has 1 aromatic carbocycles. The maximum atomic E-state index is 13.3. The molecule has 2 aliphatic rings. The van der Waals surface area contributed by atoms with Gasteiger partial charge in [-0.25, -0.2) is 0 Å². The van der Waals surface area contributed by atoms with Crippen LogP contribution in [-0.2, 0) is 14.4 Å². The van der Waals surface area contributed by atoms with Gasteiger partial charge in [0.2, 0.25) is 0 Å². The van der Waals surface area contributed by atoms with Crippen LogP contribution < -0.4 is 0 Å². The molecule has 1 aromatic rings. The lowest BCUT2D eigenvalue weighted by atomic mass is 10.0. The van der Waals surface area contributed by atoms with Crippen LogP contribution in [0.25, 0.3) is 0 Å². The average Bonchev–Trinajstić information content (AvgIpc) is 3.20. The molecular weight excluding hydrogens is 367 g/mol. The van der Waals surface area contributed by atoms with E-state index in [9.17, 15) is 18.0 Å². The van der Waals surface area contributed by atoms with Gasteiger partial charge in [0.05, 0.1) is 18.1 Å². The molecule has 1 saturated carbocycles. The predicted octanol–water partition coefficient (Wildman–Crippen LogP) is 3.79. The van der Waals surface area contributed by atoms with E-state index in [1.807, 2.05) is 0 Å². The van der Waals surface area contributed by atoms with Gasteiger partial charge in [-0.05, 0) is 30.5 Å². The van der Waals surface area contributed by atoms with Crippen LogP contribution in [0.2, 0.25) is 0 Å². The topological polar surface area (TPSA) is 47.9 Å². The minimum Gasteiger partial charge on any atom is -0.412 e. The molecule has 1 aliphatic carbocycles. The van der Waals surface area contributed by atoms with Crippen molar-refractivity contribution in [2.75, 3.05) is 0 Å². The van der Waals surface area contributed by atoms with Crippen LogP contribution in [0.4, 0.5) is 13.2 Å². The highest BCUT2D eigenvalue weighted by atomic mass is 79.9. The smallest absolute Gasteiger partial charge is 0.412 e. The Morgan fingerprint density at radius 3 is 2.50 bits per heavy atom. The van der Waals surface area contributed by atoms with E-state index < -0.39 is 30.3 Å². The van der Waals surface area contributed by atoms with Crippen molar-refractivity contribution in [3.8, 4) is 0 Å². The van der Waals surface area contributed by atoms with E-state index in [1.54, 1.807) is 24.3 Å². The number of carbonyl (C=O) groups excluding carboxylic acids is 1. The first-order valence-corrected chi connectivity index (χ1v) is 7.41. The molecule has 1 atom stereocenters. The first-order chi connectivity index (χ1) is 10.3. The lowest BCUT2D eigenvalue weighted by molar-refractivity contribution is -0.358. The molecule has 0 aromatic heterocycles. The van der Waals surface area contributed by atoms with E-state index in [4.69, 9.17) is 0 Å². The van der Waals surface area contributed by atoms with Crippen molar-refractivity contribution in [3.05, 3.63) is 34.3 Å². The van der Waals surface area contributed by atoms with Crippen LogP contribution in [0.3, 0.4) is 0 Å². The molecule has 8 heteroatoms. The van der Waals surface area contributed by atoms with Crippen LogP contribution >= 0.6 is 15.9 Å². The van der Waals surface area contributed by atoms with Crippen molar-refractivity contribution in [2.45, 2.75) is 31.2 Å². The fraction of sp³-hybridized carbons (Fsp3) is 0.429. The Hall–Kier alpha value is -1.57. The van der Waals surface area contributed by atoms with Crippen molar-refractivity contribution in [1.82, 2.24) is 0 Å². The Balaban J connectivity index is 1.81. The normalized spacial score (nSPS) is 24.6. The Morgan fingerprint density at radius 1 is 1.32 bits per heavy atom. The third-order valence-electron chi connectivity index (χ3n) is 3.49. The van der Waals surface area contributed by atoms with E-state index in [1.165, 1.54) is 0 Å². The summed E-state index contributed by atoms with van der Waals surface area (Å²) >= 11 is 3.24. The minimum absolute atomic E-state index is 0.0911. The Labute approximate surface area is 132 Å². The first-order valence-electron chi connectivity index (χ1n) is 6.61. The molecular formula is C14H11BrF3NO3. The van der Waals surface area contributed by atoms with Crippen molar-refractivity contribution in [2.24, 2.45) is 11.1 Å². The number of nitrogens with zero attached hydrogens (tertiary/aromatic N) is 1. The van der Waals surface area contributed by atoms with Gasteiger partial charge in [-0.2, -0.15) is 13.2 Å². The zero-order valence-electron chi connectivity index (χ0n) is 11.2. The third-order valence-corrected chi connectivity index (χ3v) is 4.02. The summed E-state index contributed by atoms with van der Waals surface area (Å²) < 4.78 is 45.4. The van der Waals surface area contributed by atoms with Crippen molar-refractivity contribution in [3.63, 3.8) is 0 Å². The number of carbonyl (C=O) groups is 1. The quantitative estimate of drug-likeness (QED) is 0.753. The zero-order chi connectivity index (χ0) is 16.0. The van der Waals surface area contributed by atoms with Gasteiger partial charge in [0.1, 0.15) is 0 Å². The number of benzene rings is 1. The molecule has 118 valence electrons. The molecule has 1 fully saturated rings. The molecule has 1 aliphatic heterocycles. The standard InChI is InChI=1S/C14H11BrF3NO3/c15-10-5-3-8(4-6-10)11-7-13(22-19-11,14(16,17)18)21-12(20)9-1-2-9/h3-6,9H,1-2,7H2. The molecule has 4 nitrogen and oxygen atoms in total. The summed E-state index contributed by atoms with van der Waals surface area (Å²) in [6.07, 6.45) is -4.42. The van der Waals surface area contributed by atoms with Gasteiger partial charge in [-0.3, -0.25) is 4.79 Å². The third kappa shape index (κ3) is 2.84. The Kier molecular flexibility index (Phi) is 3.66. The molecule has 0 spiro atoms. The van der Waals surface area contributed by atoms with Crippen molar-refractivity contribution < 1.29 is 27.5 Å². The van der Waals surface area contributed by atoms with E-state index >= 15 is 0 Å². The van der Waals surface area contributed by atoms with Crippen LogP contribution in [0, 0.1) is 5.92 Å². The molecule has 0 amide bonds. The molecule has 0 saturated heterocycles. The maximum Gasteiger partial charge on any atom is 0.470 e. The van der Waals surface area contributed by atoms with E-state index in [-0.39, 0.29) is 5.71 Å². The number of ether oxygens (including phenoxy) is 1. The summed E-state index contributed by atoms with van der Waals surface area (Å²) in [5, 5.41) is 3.49. The van der Waals surface area contributed by atoms with Crippen LogP contribution in [0.1, 0.15) is 24.8 Å². The van der Waals surface area contributed by atoms with Crippen LogP contribution in [-0.4, -0.2) is 23.6 Å². The number of hydrogen-bond donors (Lipinski definition) is 0. The molecule has 3 rings (SSSR count). The van der Waals surface area contributed by atoms with Gasteiger partial charge in [0, 0.05) is 4.47 Å². The van der Waals surface area contributed by atoms with Gasteiger partial charge in [-0.1, -0.05) is 33.2 Å². The summed E-state index contributed by atoms with van der Waals surface area (Å²) in [6, 6.07) is 6.59. The monoisotopic (exact) mass is 377 g/mol. The molecule has 1 unspecified atom stereocenters. The number of hydrogen-bond acceptors (Lipinski definition) is 4. The lowest BCUT2D eigenvalue weighted by Crippen LogP contribution is -2.49. The van der Waals surface area contributed by atoms with Gasteiger partial charge in [-0.15, -0.1) is 0 Å². The molecule has 0 radical (unpaired) electrons. The van der Waals surface area contributed by atoms with Gasteiger partial charge < -0.3 is 9.57 Å². The Morgan fingerprint density at radius 2 is 1.95 bits per heavy atom. The van der Waals surface area contributed by atoms with Gasteiger partial charge >= 0.3 is 17.9 Å². The number of esters is 1. The summed E-state index contributed by atoms with van der Waals surface area (Å²) in [5.74, 6) is -4.36. The largest absolute Gasteiger partial charge is 0.470 e. The van der Waals surface area contributed by atoms with E-state index in [0.29, 0.717) is 18.4 Å². The highest BCUT2D eigenvalue weighted by Crippen LogP contribution is 2.44. The summed E-state index contributed by atoms with van der Waals surface area (Å²) in [6.45, 7) is 0. The fourth-order valence-electron chi connectivity index (χ4n) is 2.04. The minimum atomic E-state index is -4.86. The average molecular weight is 378 g/mol. The van der Waals surface area contributed by atoms with E-state index in [0.717, 1.165) is 4.47 Å². The second kappa shape index (κ2) is 5.26. The maximum absolute atomic E-state index is 13.3.